The Bertz CT molecular complexity index is 761. The molecule has 0 aliphatic carbocycles. The van der Waals surface area contributed by atoms with Crippen molar-refractivity contribution in [2.75, 3.05) is 5.32 Å². The molecule has 0 bridgehead atoms. The fourth-order valence-corrected chi connectivity index (χ4v) is 2.18. The van der Waals surface area contributed by atoms with Crippen molar-refractivity contribution in [1.82, 2.24) is 10.2 Å². The third-order valence-corrected chi connectivity index (χ3v) is 3.22. The monoisotopic (exact) mass is 265 g/mol. The molecule has 1 amide bonds. The van der Waals surface area contributed by atoms with Crippen LogP contribution in [-0.2, 0) is 4.79 Å². The summed E-state index contributed by atoms with van der Waals surface area (Å²) in [6.07, 6.45) is 0.469. The van der Waals surface area contributed by atoms with E-state index in [4.69, 9.17) is 0 Å². The molecule has 4 nitrogen and oxygen atoms in total. The van der Waals surface area contributed by atoms with Crippen LogP contribution in [0.15, 0.2) is 48.5 Å². The summed E-state index contributed by atoms with van der Waals surface area (Å²) in [4.78, 5) is 11.5. The van der Waals surface area contributed by atoms with Crippen LogP contribution in [0, 0.1) is 0 Å². The lowest BCUT2D eigenvalue weighted by Gasteiger charge is -2.05. The van der Waals surface area contributed by atoms with Crippen LogP contribution in [0.2, 0.25) is 0 Å². The number of carbonyl (C=O) groups excluding carboxylic acids is 1. The average Bonchev–Trinajstić information content (AvgIpc) is 2.91. The number of H-pyrrole nitrogens is 1. The summed E-state index contributed by atoms with van der Waals surface area (Å²) < 4.78 is 0. The van der Waals surface area contributed by atoms with Crippen molar-refractivity contribution in [3.05, 3.63) is 48.5 Å². The molecule has 3 aromatic rings. The lowest BCUT2D eigenvalue weighted by molar-refractivity contribution is -0.115. The number of hydrogen-bond acceptors (Lipinski definition) is 2. The number of nitrogens with one attached hydrogen (secondary N) is 2. The highest BCUT2D eigenvalue weighted by atomic mass is 16.1. The molecule has 4 heteroatoms. The molecule has 20 heavy (non-hydrogen) atoms. The summed E-state index contributed by atoms with van der Waals surface area (Å²) in [5.41, 5.74) is 3.71. The molecular formula is C16H15N3O. The number of carbonyl (C=O) groups is 1. The minimum atomic E-state index is 0.0108. The largest absolute Gasteiger partial charge is 0.326 e. The molecule has 0 aliphatic rings. The minimum absolute atomic E-state index is 0.0108. The standard InChI is InChI=1S/C16H15N3O/c1-2-15(20)17-12-7-5-6-11(10-12)16-13-8-3-4-9-14(13)18-19-16/h3-10H,2H2,1H3,(H,17,20)(H,18,19). The number of anilines is 1. The van der Waals surface area contributed by atoms with Gasteiger partial charge in [-0.1, -0.05) is 37.3 Å². The second-order valence-electron chi connectivity index (χ2n) is 4.60. The molecule has 0 atom stereocenters. The van der Waals surface area contributed by atoms with E-state index in [-0.39, 0.29) is 5.91 Å². The first-order valence-electron chi connectivity index (χ1n) is 6.61. The van der Waals surface area contributed by atoms with Gasteiger partial charge in [0.15, 0.2) is 0 Å². The van der Waals surface area contributed by atoms with Crippen molar-refractivity contribution in [3.63, 3.8) is 0 Å². The molecule has 0 fully saturated rings. The Morgan fingerprint density at radius 3 is 2.90 bits per heavy atom. The van der Waals surface area contributed by atoms with Crippen molar-refractivity contribution in [2.24, 2.45) is 0 Å². The summed E-state index contributed by atoms with van der Waals surface area (Å²) in [5, 5.41) is 11.3. The van der Waals surface area contributed by atoms with Gasteiger partial charge >= 0.3 is 0 Å². The number of aromatic amines is 1. The molecule has 2 aromatic carbocycles. The predicted molar refractivity (Wildman–Crippen MR) is 80.5 cm³/mol. The zero-order chi connectivity index (χ0) is 13.9. The van der Waals surface area contributed by atoms with Crippen LogP contribution in [0.1, 0.15) is 13.3 Å². The Balaban J connectivity index is 2.02. The summed E-state index contributed by atoms with van der Waals surface area (Å²) in [7, 11) is 0. The van der Waals surface area contributed by atoms with Crippen molar-refractivity contribution < 1.29 is 4.79 Å². The second-order valence-corrected chi connectivity index (χ2v) is 4.60. The number of nitrogens with zero attached hydrogens (tertiary/aromatic N) is 1. The van der Waals surface area contributed by atoms with Crippen LogP contribution in [0.5, 0.6) is 0 Å². The Morgan fingerprint density at radius 2 is 2.05 bits per heavy atom. The summed E-state index contributed by atoms with van der Waals surface area (Å²) in [5.74, 6) is 0.0108. The van der Waals surface area contributed by atoms with Gasteiger partial charge in [-0.05, 0) is 18.2 Å². The van der Waals surface area contributed by atoms with Crippen LogP contribution in [-0.4, -0.2) is 16.1 Å². The molecule has 1 aromatic heterocycles. The molecule has 2 N–H and O–H groups in total. The highest BCUT2D eigenvalue weighted by Crippen LogP contribution is 2.27. The van der Waals surface area contributed by atoms with E-state index in [1.165, 1.54) is 0 Å². The van der Waals surface area contributed by atoms with Gasteiger partial charge in [0.1, 0.15) is 0 Å². The SMILES string of the molecule is CCC(=O)Nc1cccc(-c2[nH]nc3ccccc23)c1. The molecule has 100 valence electrons. The quantitative estimate of drug-likeness (QED) is 0.760. The van der Waals surface area contributed by atoms with Crippen molar-refractivity contribution >= 4 is 22.5 Å². The summed E-state index contributed by atoms with van der Waals surface area (Å²) >= 11 is 0. The van der Waals surface area contributed by atoms with Crippen molar-refractivity contribution in [3.8, 4) is 11.3 Å². The first-order valence-corrected chi connectivity index (χ1v) is 6.61. The molecule has 0 saturated heterocycles. The number of fused-ring (bicyclic) bond motifs is 1. The molecule has 1 heterocycles. The van der Waals surface area contributed by atoms with Gasteiger partial charge in [-0.15, -0.1) is 0 Å². The van der Waals surface area contributed by atoms with Gasteiger partial charge in [-0.25, -0.2) is 0 Å². The lowest BCUT2D eigenvalue weighted by atomic mass is 10.1. The Kier molecular flexibility index (Phi) is 3.21. The van der Waals surface area contributed by atoms with Gasteiger partial charge in [0.2, 0.25) is 5.91 Å². The number of hydrogen-bond donors (Lipinski definition) is 2. The highest BCUT2D eigenvalue weighted by molar-refractivity contribution is 5.95. The predicted octanol–water partition coefficient (Wildman–Crippen LogP) is 3.58. The molecular weight excluding hydrogens is 250 g/mol. The first kappa shape index (κ1) is 12.4. The van der Waals surface area contributed by atoms with Crippen LogP contribution in [0.4, 0.5) is 5.69 Å². The fourth-order valence-electron chi connectivity index (χ4n) is 2.18. The van der Waals surface area contributed by atoms with E-state index in [9.17, 15) is 4.79 Å². The summed E-state index contributed by atoms with van der Waals surface area (Å²) in [6.45, 7) is 1.83. The molecule has 0 saturated carbocycles. The van der Waals surface area contributed by atoms with Crippen LogP contribution in [0.25, 0.3) is 22.2 Å². The first-order chi connectivity index (χ1) is 9.78. The van der Waals surface area contributed by atoms with E-state index in [0.29, 0.717) is 6.42 Å². The van der Waals surface area contributed by atoms with E-state index in [1.807, 2.05) is 55.5 Å². The zero-order valence-corrected chi connectivity index (χ0v) is 11.2. The van der Waals surface area contributed by atoms with E-state index in [2.05, 4.69) is 15.5 Å². The molecule has 0 aliphatic heterocycles. The lowest BCUT2D eigenvalue weighted by Crippen LogP contribution is -2.09. The molecule has 0 spiro atoms. The van der Waals surface area contributed by atoms with E-state index in [1.54, 1.807) is 0 Å². The molecule has 3 rings (SSSR count). The van der Waals surface area contributed by atoms with Gasteiger partial charge in [0.25, 0.3) is 0 Å². The molecule has 0 unspecified atom stereocenters. The zero-order valence-electron chi connectivity index (χ0n) is 11.2. The summed E-state index contributed by atoms with van der Waals surface area (Å²) in [6, 6.07) is 15.7. The Morgan fingerprint density at radius 1 is 1.20 bits per heavy atom. The number of amides is 1. The van der Waals surface area contributed by atoms with E-state index < -0.39 is 0 Å². The van der Waals surface area contributed by atoms with Gasteiger partial charge in [-0.2, -0.15) is 5.10 Å². The third kappa shape index (κ3) is 2.28. The maximum Gasteiger partial charge on any atom is 0.224 e. The minimum Gasteiger partial charge on any atom is -0.326 e. The van der Waals surface area contributed by atoms with Crippen LogP contribution >= 0.6 is 0 Å². The third-order valence-electron chi connectivity index (χ3n) is 3.22. The van der Waals surface area contributed by atoms with E-state index in [0.717, 1.165) is 27.8 Å². The Hall–Kier alpha value is -2.62. The smallest absolute Gasteiger partial charge is 0.224 e. The number of aromatic nitrogens is 2. The van der Waals surface area contributed by atoms with Gasteiger partial charge in [0.05, 0.1) is 11.2 Å². The highest BCUT2D eigenvalue weighted by Gasteiger charge is 2.08. The van der Waals surface area contributed by atoms with Gasteiger partial charge < -0.3 is 5.32 Å². The van der Waals surface area contributed by atoms with Crippen molar-refractivity contribution in [1.29, 1.82) is 0 Å². The maximum absolute atomic E-state index is 11.5. The van der Waals surface area contributed by atoms with Crippen LogP contribution in [0.3, 0.4) is 0 Å². The fraction of sp³-hybridized carbons (Fsp3) is 0.125. The number of para-hydroxylation sites is 1. The average molecular weight is 265 g/mol. The van der Waals surface area contributed by atoms with Gasteiger partial charge in [0, 0.05) is 23.1 Å². The van der Waals surface area contributed by atoms with Gasteiger partial charge in [-0.3, -0.25) is 9.89 Å². The Labute approximate surface area is 116 Å². The normalized spacial score (nSPS) is 10.7. The second kappa shape index (κ2) is 5.17. The topological polar surface area (TPSA) is 57.8 Å². The molecule has 0 radical (unpaired) electrons. The number of benzene rings is 2. The van der Waals surface area contributed by atoms with E-state index >= 15 is 0 Å². The van der Waals surface area contributed by atoms with Crippen molar-refractivity contribution in [2.45, 2.75) is 13.3 Å². The maximum atomic E-state index is 11.5. The number of rotatable bonds is 3. The van der Waals surface area contributed by atoms with Crippen LogP contribution < -0.4 is 5.32 Å².